The molecule has 0 aromatic carbocycles. The van der Waals surface area contributed by atoms with Crippen LogP contribution in [0.4, 0.5) is 0 Å². The maximum atomic E-state index is 13.5. The van der Waals surface area contributed by atoms with Gasteiger partial charge in [-0.05, 0) is 38.0 Å². The van der Waals surface area contributed by atoms with Crippen molar-refractivity contribution in [3.8, 4) is 17.6 Å². The number of ether oxygens (including phenoxy) is 2. The molecule has 1 fully saturated rings. The topological polar surface area (TPSA) is 115 Å². The zero-order chi connectivity index (χ0) is 21.8. The summed E-state index contributed by atoms with van der Waals surface area (Å²) in [6.45, 7) is 2.24. The van der Waals surface area contributed by atoms with Gasteiger partial charge in [-0.1, -0.05) is 0 Å². The molecule has 1 aliphatic rings. The van der Waals surface area contributed by atoms with Crippen LogP contribution in [0.2, 0.25) is 0 Å². The average molecular weight is 424 g/mol. The third kappa shape index (κ3) is 4.33. The number of rotatable bonds is 6. The molecule has 162 valence electrons. The van der Waals surface area contributed by atoms with Gasteiger partial charge in [-0.3, -0.25) is 4.79 Å². The van der Waals surface area contributed by atoms with Crippen molar-refractivity contribution in [1.29, 1.82) is 0 Å². The molecule has 1 amide bonds. The third-order valence-electron chi connectivity index (χ3n) is 5.30. The Balaban J connectivity index is 1.59. The largest absolute Gasteiger partial charge is 0.481 e. The highest BCUT2D eigenvalue weighted by Crippen LogP contribution is 2.26. The number of aromatic nitrogens is 5. The minimum absolute atomic E-state index is 0.0222. The fourth-order valence-corrected chi connectivity index (χ4v) is 3.61. The van der Waals surface area contributed by atoms with E-state index in [1.165, 1.54) is 24.3 Å². The average Bonchev–Trinajstić information content (AvgIpc) is 3.35. The molecule has 31 heavy (non-hydrogen) atoms. The van der Waals surface area contributed by atoms with E-state index in [0.717, 1.165) is 12.8 Å². The van der Waals surface area contributed by atoms with Crippen molar-refractivity contribution in [2.45, 2.75) is 38.5 Å². The van der Waals surface area contributed by atoms with Gasteiger partial charge in [0, 0.05) is 23.9 Å². The smallest absolute Gasteiger partial charge is 0.258 e. The molecular formula is C21H24N6O4. The van der Waals surface area contributed by atoms with E-state index >= 15 is 0 Å². The Hall–Kier alpha value is -3.53. The zero-order valence-corrected chi connectivity index (χ0v) is 17.4. The molecule has 0 unspecified atom stereocenters. The molecule has 4 rings (SSSR count). The van der Waals surface area contributed by atoms with Crippen LogP contribution in [0.15, 0.2) is 42.9 Å². The highest BCUT2D eigenvalue weighted by molar-refractivity contribution is 5.97. The number of amides is 1. The first-order valence-electron chi connectivity index (χ1n) is 10.0. The van der Waals surface area contributed by atoms with Crippen LogP contribution >= 0.6 is 0 Å². The fourth-order valence-electron chi connectivity index (χ4n) is 3.61. The molecule has 3 aromatic heterocycles. The van der Waals surface area contributed by atoms with Gasteiger partial charge in [0.25, 0.3) is 5.91 Å². The second-order valence-electron chi connectivity index (χ2n) is 7.29. The predicted octanol–water partition coefficient (Wildman–Crippen LogP) is 1.63. The minimum Gasteiger partial charge on any atom is -0.481 e. The van der Waals surface area contributed by atoms with E-state index in [1.54, 1.807) is 35.4 Å². The SMILES string of the molecule is COc1ccc(C(=O)N2C[C@H](Oc3ncccc3CO)CC[C@H]2C)c(-n2nccn2)n1. The first-order valence-corrected chi connectivity index (χ1v) is 10.0. The molecule has 4 heterocycles. The summed E-state index contributed by atoms with van der Waals surface area (Å²) >= 11 is 0. The first kappa shape index (κ1) is 20.7. The van der Waals surface area contributed by atoms with Crippen molar-refractivity contribution >= 4 is 5.91 Å². The molecule has 0 saturated carbocycles. The summed E-state index contributed by atoms with van der Waals surface area (Å²) in [6, 6.07) is 6.85. The van der Waals surface area contributed by atoms with Crippen LogP contribution in [0.3, 0.4) is 0 Å². The van der Waals surface area contributed by atoms with Gasteiger partial charge in [0.15, 0.2) is 5.82 Å². The molecule has 1 aliphatic heterocycles. The molecule has 0 radical (unpaired) electrons. The van der Waals surface area contributed by atoms with Crippen LogP contribution < -0.4 is 9.47 Å². The number of piperidine rings is 1. The summed E-state index contributed by atoms with van der Waals surface area (Å²) in [7, 11) is 1.51. The lowest BCUT2D eigenvalue weighted by Crippen LogP contribution is -2.49. The quantitative estimate of drug-likeness (QED) is 0.635. The number of aliphatic hydroxyl groups excluding tert-OH is 1. The summed E-state index contributed by atoms with van der Waals surface area (Å²) in [5, 5.41) is 17.8. The second-order valence-corrected chi connectivity index (χ2v) is 7.29. The number of hydrogen-bond acceptors (Lipinski definition) is 8. The molecule has 0 bridgehead atoms. The summed E-state index contributed by atoms with van der Waals surface area (Å²) in [4.78, 5) is 25.2. The lowest BCUT2D eigenvalue weighted by Gasteiger charge is -2.38. The van der Waals surface area contributed by atoms with E-state index in [4.69, 9.17) is 9.47 Å². The highest BCUT2D eigenvalue weighted by atomic mass is 16.5. The van der Waals surface area contributed by atoms with Gasteiger partial charge in [0.2, 0.25) is 11.8 Å². The van der Waals surface area contributed by atoms with E-state index in [9.17, 15) is 9.90 Å². The molecule has 10 heteroatoms. The Bertz CT molecular complexity index is 1040. The van der Waals surface area contributed by atoms with Gasteiger partial charge in [-0.2, -0.15) is 15.2 Å². The lowest BCUT2D eigenvalue weighted by atomic mass is 10.00. The van der Waals surface area contributed by atoms with Crippen LogP contribution in [0.1, 0.15) is 35.7 Å². The van der Waals surface area contributed by atoms with Crippen molar-refractivity contribution < 1.29 is 19.4 Å². The van der Waals surface area contributed by atoms with Gasteiger partial charge in [-0.25, -0.2) is 4.98 Å². The number of methoxy groups -OCH3 is 1. The normalized spacial score (nSPS) is 18.6. The number of carbonyl (C=O) groups excluding carboxylic acids is 1. The molecule has 10 nitrogen and oxygen atoms in total. The van der Waals surface area contributed by atoms with Crippen molar-refractivity contribution in [3.63, 3.8) is 0 Å². The van der Waals surface area contributed by atoms with Gasteiger partial charge >= 0.3 is 0 Å². The number of carbonyl (C=O) groups is 1. The first-order chi connectivity index (χ1) is 15.1. The van der Waals surface area contributed by atoms with Crippen molar-refractivity contribution in [1.82, 2.24) is 29.9 Å². The molecule has 2 atom stereocenters. The number of hydrogen-bond donors (Lipinski definition) is 1. The number of aliphatic hydroxyl groups is 1. The molecule has 1 saturated heterocycles. The Labute approximate surface area is 179 Å². The molecule has 0 spiro atoms. The van der Waals surface area contributed by atoms with Crippen molar-refractivity contribution in [3.05, 3.63) is 54.0 Å². The van der Waals surface area contributed by atoms with Gasteiger partial charge in [0.1, 0.15) is 6.10 Å². The second kappa shape index (κ2) is 9.09. The van der Waals surface area contributed by atoms with Crippen LogP contribution in [-0.4, -0.2) is 66.7 Å². The summed E-state index contributed by atoms with van der Waals surface area (Å²) < 4.78 is 11.3. The van der Waals surface area contributed by atoms with Crippen LogP contribution in [-0.2, 0) is 6.61 Å². The minimum atomic E-state index is -0.238. The van der Waals surface area contributed by atoms with E-state index in [2.05, 4.69) is 20.2 Å². The van der Waals surface area contributed by atoms with E-state index < -0.39 is 0 Å². The Morgan fingerprint density at radius 2 is 2.00 bits per heavy atom. The number of pyridine rings is 2. The molecular weight excluding hydrogens is 400 g/mol. The maximum absolute atomic E-state index is 13.5. The molecule has 0 aliphatic carbocycles. The summed E-state index contributed by atoms with van der Waals surface area (Å²) in [5.74, 6) is 0.872. The van der Waals surface area contributed by atoms with Gasteiger partial charge in [-0.15, -0.1) is 4.80 Å². The zero-order valence-electron chi connectivity index (χ0n) is 17.4. The Morgan fingerprint density at radius 1 is 1.19 bits per heavy atom. The Kier molecular flexibility index (Phi) is 6.08. The number of likely N-dealkylation sites (tertiary alicyclic amines) is 1. The molecule has 1 N–H and O–H groups in total. The van der Waals surface area contributed by atoms with Crippen molar-refractivity contribution in [2.24, 2.45) is 0 Å². The summed E-state index contributed by atoms with van der Waals surface area (Å²) in [5.41, 5.74) is 0.990. The van der Waals surface area contributed by atoms with Crippen molar-refractivity contribution in [2.75, 3.05) is 13.7 Å². The number of nitrogens with zero attached hydrogens (tertiary/aromatic N) is 6. The van der Waals surface area contributed by atoms with Crippen LogP contribution in [0, 0.1) is 0 Å². The van der Waals surface area contributed by atoms with Crippen LogP contribution in [0.5, 0.6) is 11.8 Å². The third-order valence-corrected chi connectivity index (χ3v) is 5.30. The highest BCUT2D eigenvalue weighted by Gasteiger charge is 2.33. The fraction of sp³-hybridized carbons (Fsp3) is 0.381. The standard InChI is InChI=1S/C21H24N6O4/c1-14-5-6-16(31-20-15(13-28)4-3-9-22-20)12-26(14)21(29)17-7-8-18(30-2)25-19(17)27-23-10-11-24-27/h3-4,7-11,14,16,28H,5-6,12-13H2,1-2H3/t14-,16-/m1/s1. The van der Waals surface area contributed by atoms with E-state index in [1.807, 2.05) is 6.92 Å². The van der Waals surface area contributed by atoms with Gasteiger partial charge in [0.05, 0.1) is 38.2 Å². The van der Waals surface area contributed by atoms with E-state index in [-0.39, 0.29) is 24.7 Å². The maximum Gasteiger partial charge on any atom is 0.258 e. The Morgan fingerprint density at radius 3 is 2.74 bits per heavy atom. The predicted molar refractivity (Wildman–Crippen MR) is 110 cm³/mol. The van der Waals surface area contributed by atoms with E-state index in [0.29, 0.717) is 35.2 Å². The van der Waals surface area contributed by atoms with Gasteiger partial charge < -0.3 is 19.5 Å². The van der Waals surface area contributed by atoms with Crippen LogP contribution in [0.25, 0.3) is 5.82 Å². The summed E-state index contributed by atoms with van der Waals surface area (Å²) in [6.07, 6.45) is 5.98. The lowest BCUT2D eigenvalue weighted by molar-refractivity contribution is 0.0366. The molecule has 3 aromatic rings. The monoisotopic (exact) mass is 424 g/mol.